The number of thiophene rings is 1. The first-order chi connectivity index (χ1) is 17.9. The van der Waals surface area contributed by atoms with E-state index in [0.717, 1.165) is 66.5 Å². The molecule has 3 amide bonds. The van der Waals surface area contributed by atoms with Crippen LogP contribution in [0.15, 0.2) is 41.8 Å². The molecule has 1 aliphatic rings. The number of likely N-dealkylation sites (N-methyl/N-ethyl adjacent to an activating group) is 1. The largest absolute Gasteiger partial charge is 0.356 e. The minimum absolute atomic E-state index is 0.0264. The van der Waals surface area contributed by atoms with E-state index in [2.05, 4.69) is 17.6 Å². The highest BCUT2D eigenvalue weighted by Gasteiger charge is 2.28. The van der Waals surface area contributed by atoms with Gasteiger partial charge in [-0.25, -0.2) is 0 Å². The van der Waals surface area contributed by atoms with E-state index in [1.807, 2.05) is 60.2 Å². The number of carbonyl (C=O) groups excluding carboxylic acids is 3. The Bertz CT molecular complexity index is 1240. The molecule has 0 bridgehead atoms. The smallest absolute Gasteiger partial charge is 0.268 e. The van der Waals surface area contributed by atoms with Crippen LogP contribution >= 0.6 is 11.3 Å². The number of rotatable bonds is 10. The number of aromatic nitrogens is 1. The second-order valence-electron chi connectivity index (χ2n) is 9.93. The number of hydrogen-bond acceptors (Lipinski definition) is 4. The molecule has 198 valence electrons. The van der Waals surface area contributed by atoms with Crippen LogP contribution in [0.3, 0.4) is 0 Å². The van der Waals surface area contributed by atoms with Gasteiger partial charge in [-0.3, -0.25) is 14.4 Å². The number of hydrogen-bond donors (Lipinski definition) is 2. The molecule has 1 aromatic carbocycles. The zero-order chi connectivity index (χ0) is 26.4. The molecule has 37 heavy (non-hydrogen) atoms. The normalized spacial score (nSPS) is 17.5. The second kappa shape index (κ2) is 12.4. The number of unbranched alkanes of at least 4 members (excludes halogenated alkanes) is 1. The van der Waals surface area contributed by atoms with Crippen molar-refractivity contribution in [1.82, 2.24) is 15.2 Å². The zero-order valence-corrected chi connectivity index (χ0v) is 22.9. The SMILES string of the molecule is CCCCNC(=O)C1CCC(NC(=O)c2cc3sccc3n2CC(=O)N(CC)c2cccc(C)c2)CC1. The van der Waals surface area contributed by atoms with Crippen molar-refractivity contribution in [1.29, 1.82) is 0 Å². The van der Waals surface area contributed by atoms with Gasteiger partial charge in [0.15, 0.2) is 0 Å². The van der Waals surface area contributed by atoms with Crippen LogP contribution in [0.5, 0.6) is 0 Å². The van der Waals surface area contributed by atoms with Crippen LogP contribution in [0.4, 0.5) is 5.69 Å². The van der Waals surface area contributed by atoms with Crippen LogP contribution in [-0.2, 0) is 16.1 Å². The van der Waals surface area contributed by atoms with Gasteiger partial charge in [0.05, 0.1) is 10.2 Å². The third kappa shape index (κ3) is 6.42. The monoisotopic (exact) mass is 522 g/mol. The molecule has 1 saturated carbocycles. The molecular formula is C29H38N4O3S. The third-order valence-electron chi connectivity index (χ3n) is 7.24. The molecule has 0 unspecified atom stereocenters. The summed E-state index contributed by atoms with van der Waals surface area (Å²) in [5, 5.41) is 8.20. The van der Waals surface area contributed by atoms with E-state index < -0.39 is 0 Å². The van der Waals surface area contributed by atoms with Gasteiger partial charge in [-0.1, -0.05) is 25.5 Å². The van der Waals surface area contributed by atoms with E-state index >= 15 is 0 Å². The van der Waals surface area contributed by atoms with Crippen molar-refractivity contribution in [2.45, 2.75) is 71.9 Å². The summed E-state index contributed by atoms with van der Waals surface area (Å²) in [6.45, 7) is 7.46. The summed E-state index contributed by atoms with van der Waals surface area (Å²) in [7, 11) is 0. The standard InChI is InChI=1S/C29H38N4O3S/c1-4-6-15-30-28(35)21-10-12-22(13-11-21)31-29(36)25-18-26-24(14-16-37-26)33(25)19-27(34)32(5-2)23-9-7-8-20(3)17-23/h7-9,14,16-18,21-22H,4-6,10-13,15,19H2,1-3H3,(H,30,35)(H,31,36). The Morgan fingerprint density at radius 3 is 2.57 bits per heavy atom. The van der Waals surface area contributed by atoms with Gasteiger partial charge in [0, 0.05) is 30.7 Å². The number of carbonyl (C=O) groups is 3. The Hall–Kier alpha value is -3.13. The highest BCUT2D eigenvalue weighted by Crippen LogP contribution is 2.28. The first-order valence-corrected chi connectivity index (χ1v) is 14.3. The van der Waals surface area contributed by atoms with Gasteiger partial charge in [-0.2, -0.15) is 0 Å². The molecule has 8 heteroatoms. The molecular weight excluding hydrogens is 484 g/mol. The topological polar surface area (TPSA) is 83.4 Å². The fourth-order valence-electron chi connectivity index (χ4n) is 5.15. The van der Waals surface area contributed by atoms with Gasteiger partial charge in [0.2, 0.25) is 11.8 Å². The van der Waals surface area contributed by atoms with Gasteiger partial charge in [-0.15, -0.1) is 11.3 Å². The quantitative estimate of drug-likeness (QED) is 0.356. The van der Waals surface area contributed by atoms with Crippen LogP contribution in [0.1, 0.15) is 68.4 Å². The van der Waals surface area contributed by atoms with Crippen molar-refractivity contribution in [2.75, 3.05) is 18.0 Å². The lowest BCUT2D eigenvalue weighted by molar-refractivity contribution is -0.126. The molecule has 0 aliphatic heterocycles. The van der Waals surface area contributed by atoms with E-state index in [-0.39, 0.29) is 36.2 Å². The molecule has 7 nitrogen and oxygen atoms in total. The predicted octanol–water partition coefficient (Wildman–Crippen LogP) is 5.27. The summed E-state index contributed by atoms with van der Waals surface area (Å²) in [6.07, 6.45) is 5.17. The highest BCUT2D eigenvalue weighted by molar-refractivity contribution is 7.17. The van der Waals surface area contributed by atoms with Gasteiger partial charge in [-0.05, 0) is 81.2 Å². The summed E-state index contributed by atoms with van der Waals surface area (Å²) in [5.41, 5.74) is 3.37. The van der Waals surface area contributed by atoms with Crippen molar-refractivity contribution < 1.29 is 14.4 Å². The summed E-state index contributed by atoms with van der Waals surface area (Å²) in [5.74, 6) is -0.0514. The summed E-state index contributed by atoms with van der Waals surface area (Å²) in [4.78, 5) is 41.0. The van der Waals surface area contributed by atoms with E-state index in [4.69, 9.17) is 0 Å². The maximum absolute atomic E-state index is 13.4. The Balaban J connectivity index is 1.43. The zero-order valence-electron chi connectivity index (χ0n) is 22.1. The molecule has 0 saturated heterocycles. The van der Waals surface area contributed by atoms with Crippen LogP contribution in [0.25, 0.3) is 10.2 Å². The van der Waals surface area contributed by atoms with Crippen LogP contribution < -0.4 is 15.5 Å². The lowest BCUT2D eigenvalue weighted by Crippen LogP contribution is -2.42. The minimum Gasteiger partial charge on any atom is -0.356 e. The average Bonchev–Trinajstić information content (AvgIpc) is 3.48. The summed E-state index contributed by atoms with van der Waals surface area (Å²) < 4.78 is 2.83. The number of nitrogens with zero attached hydrogens (tertiary/aromatic N) is 2. The number of nitrogens with one attached hydrogen (secondary N) is 2. The number of aryl methyl sites for hydroxylation is 1. The Labute approximate surface area is 223 Å². The molecule has 1 fully saturated rings. The van der Waals surface area contributed by atoms with Crippen molar-refractivity contribution >= 4 is 45.0 Å². The van der Waals surface area contributed by atoms with Crippen LogP contribution in [-0.4, -0.2) is 41.4 Å². The van der Waals surface area contributed by atoms with Crippen molar-refractivity contribution in [3.8, 4) is 0 Å². The molecule has 2 aromatic heterocycles. The molecule has 2 heterocycles. The lowest BCUT2D eigenvalue weighted by Gasteiger charge is -2.28. The van der Waals surface area contributed by atoms with Gasteiger partial charge < -0.3 is 20.1 Å². The molecule has 0 atom stereocenters. The summed E-state index contributed by atoms with van der Waals surface area (Å²) in [6, 6.07) is 11.8. The number of fused-ring (bicyclic) bond motifs is 1. The third-order valence-corrected chi connectivity index (χ3v) is 8.10. The fraction of sp³-hybridized carbons (Fsp3) is 0.483. The lowest BCUT2D eigenvalue weighted by atomic mass is 9.85. The predicted molar refractivity (Wildman–Crippen MR) is 150 cm³/mol. The van der Waals surface area contributed by atoms with Crippen LogP contribution in [0.2, 0.25) is 0 Å². The minimum atomic E-state index is -0.161. The number of benzene rings is 1. The van der Waals surface area contributed by atoms with Crippen molar-refractivity contribution in [3.63, 3.8) is 0 Å². The number of amides is 3. The molecule has 0 radical (unpaired) electrons. The average molecular weight is 523 g/mol. The molecule has 0 spiro atoms. The summed E-state index contributed by atoms with van der Waals surface area (Å²) >= 11 is 1.57. The number of anilines is 1. The second-order valence-corrected chi connectivity index (χ2v) is 10.9. The Morgan fingerprint density at radius 2 is 1.86 bits per heavy atom. The fourth-order valence-corrected chi connectivity index (χ4v) is 5.97. The first kappa shape index (κ1) is 26.9. The molecule has 3 aromatic rings. The van der Waals surface area contributed by atoms with Gasteiger partial charge in [0.1, 0.15) is 12.2 Å². The molecule has 4 rings (SSSR count). The maximum Gasteiger partial charge on any atom is 0.268 e. The Kier molecular flexibility index (Phi) is 9.03. The Morgan fingerprint density at radius 1 is 1.08 bits per heavy atom. The van der Waals surface area contributed by atoms with E-state index in [0.29, 0.717) is 12.2 Å². The molecule has 2 N–H and O–H groups in total. The molecule has 1 aliphatic carbocycles. The van der Waals surface area contributed by atoms with Gasteiger partial charge in [0.25, 0.3) is 5.91 Å². The van der Waals surface area contributed by atoms with E-state index in [1.165, 1.54) is 0 Å². The van der Waals surface area contributed by atoms with Crippen molar-refractivity contribution in [3.05, 3.63) is 53.0 Å². The van der Waals surface area contributed by atoms with Gasteiger partial charge >= 0.3 is 0 Å². The first-order valence-electron chi connectivity index (χ1n) is 13.4. The van der Waals surface area contributed by atoms with Crippen molar-refractivity contribution in [2.24, 2.45) is 5.92 Å². The van der Waals surface area contributed by atoms with E-state index in [9.17, 15) is 14.4 Å². The highest BCUT2D eigenvalue weighted by atomic mass is 32.1. The van der Waals surface area contributed by atoms with Crippen LogP contribution in [0, 0.1) is 12.8 Å². The maximum atomic E-state index is 13.4. The van der Waals surface area contributed by atoms with E-state index in [1.54, 1.807) is 16.2 Å².